The van der Waals surface area contributed by atoms with Crippen LogP contribution in [0.5, 0.6) is 0 Å². The van der Waals surface area contributed by atoms with Gasteiger partial charge in [-0.3, -0.25) is 0 Å². The molecule has 2 heterocycles. The molecule has 1 N–H and O–H groups in total. The first-order valence-corrected chi connectivity index (χ1v) is 8.17. The van der Waals surface area contributed by atoms with Crippen molar-refractivity contribution < 1.29 is 0 Å². The van der Waals surface area contributed by atoms with E-state index in [4.69, 9.17) is 0 Å². The molecule has 0 aliphatic rings. The van der Waals surface area contributed by atoms with E-state index >= 15 is 0 Å². The zero-order valence-electron chi connectivity index (χ0n) is 12.8. The number of nitrogens with zero attached hydrogens (tertiary/aromatic N) is 2. The van der Waals surface area contributed by atoms with E-state index in [1.54, 1.807) is 0 Å². The Kier molecular flexibility index (Phi) is 4.08. The monoisotopic (exact) mass is 299 g/mol. The van der Waals surface area contributed by atoms with Gasteiger partial charge < -0.3 is 9.88 Å². The second kappa shape index (κ2) is 6.00. The van der Waals surface area contributed by atoms with Gasteiger partial charge in [-0.1, -0.05) is 32.0 Å². The molecule has 0 atom stereocenters. The lowest BCUT2D eigenvalue weighted by Gasteiger charge is -2.10. The Bertz CT molecular complexity index is 739. The Labute approximate surface area is 129 Å². The molecule has 3 nitrogen and oxygen atoms in total. The van der Waals surface area contributed by atoms with Crippen LogP contribution in [-0.4, -0.2) is 15.6 Å². The van der Waals surface area contributed by atoms with Crippen molar-refractivity contribution in [2.24, 2.45) is 0 Å². The van der Waals surface area contributed by atoms with Gasteiger partial charge in [-0.25, -0.2) is 4.98 Å². The minimum Gasteiger partial charge on any atom is -0.331 e. The molecule has 1 aromatic carbocycles. The molecule has 2 aromatic heterocycles. The van der Waals surface area contributed by atoms with Crippen molar-refractivity contribution in [3.05, 3.63) is 52.9 Å². The van der Waals surface area contributed by atoms with Crippen molar-refractivity contribution in [3.8, 4) is 0 Å². The van der Waals surface area contributed by atoms with Crippen molar-refractivity contribution in [2.45, 2.75) is 39.9 Å². The van der Waals surface area contributed by atoms with Crippen LogP contribution in [0.3, 0.4) is 0 Å². The first-order valence-electron chi connectivity index (χ1n) is 7.35. The van der Waals surface area contributed by atoms with Crippen LogP contribution in [-0.2, 0) is 13.1 Å². The average molecular weight is 299 g/mol. The Morgan fingerprint density at radius 1 is 1.29 bits per heavy atom. The Morgan fingerprint density at radius 2 is 2.10 bits per heavy atom. The molecule has 110 valence electrons. The normalized spacial score (nSPS) is 11.6. The van der Waals surface area contributed by atoms with Gasteiger partial charge in [0.15, 0.2) is 0 Å². The minimum atomic E-state index is 0.498. The number of hydrogen-bond donors (Lipinski definition) is 1. The molecule has 0 saturated heterocycles. The summed E-state index contributed by atoms with van der Waals surface area (Å²) in [5.41, 5.74) is 1.42. The zero-order valence-corrected chi connectivity index (χ0v) is 13.6. The number of rotatable bonds is 5. The Morgan fingerprint density at radius 3 is 2.81 bits per heavy atom. The fourth-order valence-electron chi connectivity index (χ4n) is 2.50. The lowest BCUT2D eigenvalue weighted by molar-refractivity contribution is 0.589. The van der Waals surface area contributed by atoms with E-state index in [1.165, 1.54) is 20.5 Å². The summed E-state index contributed by atoms with van der Waals surface area (Å²) in [5.74, 6) is 1.06. The molecule has 3 rings (SSSR count). The fourth-order valence-corrected chi connectivity index (χ4v) is 3.67. The Balaban J connectivity index is 2.00. The van der Waals surface area contributed by atoms with Crippen molar-refractivity contribution >= 4 is 21.4 Å². The summed E-state index contributed by atoms with van der Waals surface area (Å²) in [6, 6.07) is 9.18. The van der Waals surface area contributed by atoms with E-state index in [2.05, 4.69) is 66.1 Å². The van der Waals surface area contributed by atoms with Crippen LogP contribution in [0.1, 0.15) is 30.1 Å². The van der Waals surface area contributed by atoms with Crippen LogP contribution < -0.4 is 5.32 Å². The van der Waals surface area contributed by atoms with E-state index in [9.17, 15) is 0 Å². The number of fused-ring (bicyclic) bond motifs is 1. The molecule has 0 bridgehead atoms. The van der Waals surface area contributed by atoms with Gasteiger partial charge in [0.25, 0.3) is 0 Å². The highest BCUT2D eigenvalue weighted by Crippen LogP contribution is 2.32. The highest BCUT2D eigenvalue weighted by atomic mass is 32.1. The molecule has 0 aliphatic carbocycles. The summed E-state index contributed by atoms with van der Waals surface area (Å²) >= 11 is 1.90. The summed E-state index contributed by atoms with van der Waals surface area (Å²) in [7, 11) is 0. The van der Waals surface area contributed by atoms with E-state index in [-0.39, 0.29) is 0 Å². The smallest absolute Gasteiger partial charge is 0.105 e. The van der Waals surface area contributed by atoms with Crippen LogP contribution in [0.15, 0.2) is 36.7 Å². The highest BCUT2D eigenvalue weighted by molar-refractivity contribution is 7.19. The van der Waals surface area contributed by atoms with E-state index in [0.29, 0.717) is 6.04 Å². The largest absolute Gasteiger partial charge is 0.331 e. The number of aromatic nitrogens is 2. The SMILES string of the molecule is Cc1nccn1Cc1c(CNC(C)C)sc2ccccc12. The first-order chi connectivity index (χ1) is 10.1. The minimum absolute atomic E-state index is 0.498. The van der Waals surface area contributed by atoms with Crippen LogP contribution in [0, 0.1) is 6.92 Å². The standard InChI is InChI=1S/C17H21N3S/c1-12(2)19-10-17-15(11-20-9-8-18-13(20)3)14-6-4-5-7-16(14)21-17/h4-9,12,19H,10-11H2,1-3H3. The van der Waals surface area contributed by atoms with E-state index < -0.39 is 0 Å². The first kappa shape index (κ1) is 14.3. The predicted octanol–water partition coefficient (Wildman–Crippen LogP) is 3.95. The second-order valence-corrected chi connectivity index (χ2v) is 6.77. The molecular formula is C17H21N3S. The lowest BCUT2D eigenvalue weighted by Crippen LogP contribution is -2.22. The predicted molar refractivity (Wildman–Crippen MR) is 89.9 cm³/mol. The third kappa shape index (κ3) is 3.01. The lowest BCUT2D eigenvalue weighted by atomic mass is 10.1. The molecular weight excluding hydrogens is 278 g/mol. The van der Waals surface area contributed by atoms with Crippen LogP contribution >= 0.6 is 11.3 Å². The molecule has 3 aromatic rings. The maximum Gasteiger partial charge on any atom is 0.105 e. The summed E-state index contributed by atoms with van der Waals surface area (Å²) in [6.45, 7) is 8.26. The van der Waals surface area contributed by atoms with Gasteiger partial charge in [0.1, 0.15) is 5.82 Å². The number of thiophene rings is 1. The van der Waals surface area contributed by atoms with E-state index in [0.717, 1.165) is 18.9 Å². The topological polar surface area (TPSA) is 29.9 Å². The maximum absolute atomic E-state index is 4.33. The number of benzene rings is 1. The van der Waals surface area contributed by atoms with Gasteiger partial charge in [-0.05, 0) is 23.9 Å². The molecule has 0 aliphatic heterocycles. The maximum atomic E-state index is 4.33. The quantitative estimate of drug-likeness (QED) is 0.773. The van der Waals surface area contributed by atoms with Crippen molar-refractivity contribution in [2.75, 3.05) is 0 Å². The number of aryl methyl sites for hydroxylation is 1. The Hall–Kier alpha value is -1.65. The van der Waals surface area contributed by atoms with Crippen LogP contribution in [0.2, 0.25) is 0 Å². The van der Waals surface area contributed by atoms with Gasteiger partial charge in [0.2, 0.25) is 0 Å². The van der Waals surface area contributed by atoms with Crippen LogP contribution in [0.25, 0.3) is 10.1 Å². The second-order valence-electron chi connectivity index (χ2n) is 5.64. The van der Waals surface area contributed by atoms with Gasteiger partial charge in [-0.2, -0.15) is 0 Å². The summed E-state index contributed by atoms with van der Waals surface area (Å²) in [6.07, 6.45) is 3.93. The fraction of sp³-hybridized carbons (Fsp3) is 0.353. The van der Waals surface area contributed by atoms with Crippen LogP contribution in [0.4, 0.5) is 0 Å². The third-order valence-corrected chi connectivity index (χ3v) is 4.92. The summed E-state index contributed by atoms with van der Waals surface area (Å²) in [4.78, 5) is 5.76. The van der Waals surface area contributed by atoms with E-state index in [1.807, 2.05) is 17.5 Å². The number of nitrogens with one attached hydrogen (secondary N) is 1. The summed E-state index contributed by atoms with van der Waals surface area (Å²) < 4.78 is 3.58. The van der Waals surface area contributed by atoms with Crippen molar-refractivity contribution in [1.82, 2.24) is 14.9 Å². The molecule has 21 heavy (non-hydrogen) atoms. The van der Waals surface area contributed by atoms with Gasteiger partial charge >= 0.3 is 0 Å². The molecule has 4 heteroatoms. The molecule has 0 radical (unpaired) electrons. The zero-order chi connectivity index (χ0) is 14.8. The van der Waals surface area contributed by atoms with Gasteiger partial charge in [-0.15, -0.1) is 11.3 Å². The molecule has 0 amide bonds. The third-order valence-electron chi connectivity index (χ3n) is 3.70. The molecule has 0 unspecified atom stereocenters. The van der Waals surface area contributed by atoms with Crippen molar-refractivity contribution in [1.29, 1.82) is 0 Å². The molecule has 0 saturated carbocycles. The molecule has 0 fully saturated rings. The van der Waals surface area contributed by atoms with Gasteiger partial charge in [0.05, 0.1) is 6.54 Å². The van der Waals surface area contributed by atoms with Crippen molar-refractivity contribution in [3.63, 3.8) is 0 Å². The average Bonchev–Trinajstić information content (AvgIpc) is 3.02. The highest BCUT2D eigenvalue weighted by Gasteiger charge is 2.13. The molecule has 0 spiro atoms. The number of hydrogen-bond acceptors (Lipinski definition) is 3. The summed E-state index contributed by atoms with van der Waals surface area (Å²) in [5, 5.41) is 4.91. The number of imidazole rings is 1. The van der Waals surface area contributed by atoms with Gasteiger partial charge in [0, 0.05) is 34.6 Å².